The molecule has 3 N–H and O–H groups in total. The van der Waals surface area contributed by atoms with Crippen molar-refractivity contribution in [2.75, 3.05) is 19.8 Å². The van der Waals surface area contributed by atoms with Crippen LogP contribution >= 0.6 is 0 Å². The number of phenols is 2. The van der Waals surface area contributed by atoms with Crippen LogP contribution in [-0.2, 0) is 17.6 Å². The fourth-order valence-electron chi connectivity index (χ4n) is 2.79. The Morgan fingerprint density at radius 3 is 2.35 bits per heavy atom. The zero-order valence-electron chi connectivity index (χ0n) is 13.5. The molecule has 0 aliphatic heterocycles. The molecule has 4 nitrogen and oxygen atoms in total. The first-order chi connectivity index (χ1) is 11.2. The van der Waals surface area contributed by atoms with Crippen molar-refractivity contribution in [3.63, 3.8) is 0 Å². The van der Waals surface area contributed by atoms with Crippen molar-refractivity contribution in [1.29, 1.82) is 0 Å². The highest BCUT2D eigenvalue weighted by Gasteiger charge is 2.17. The van der Waals surface area contributed by atoms with E-state index < -0.39 is 0 Å². The molecule has 23 heavy (non-hydrogen) atoms. The van der Waals surface area contributed by atoms with E-state index in [1.165, 1.54) is 6.07 Å². The van der Waals surface area contributed by atoms with E-state index in [0.717, 1.165) is 22.3 Å². The zero-order valence-corrected chi connectivity index (χ0v) is 13.5. The molecule has 2 aromatic rings. The third-order valence-corrected chi connectivity index (χ3v) is 3.86. The normalized spacial score (nSPS) is 10.9. The van der Waals surface area contributed by atoms with Crippen LogP contribution in [0, 0.1) is 0 Å². The van der Waals surface area contributed by atoms with Crippen LogP contribution in [0.15, 0.2) is 36.4 Å². The molecule has 0 spiro atoms. The molecule has 2 aromatic carbocycles. The minimum absolute atomic E-state index is 0.0799. The average Bonchev–Trinajstić information content (AvgIpc) is 2.55. The van der Waals surface area contributed by atoms with Crippen LogP contribution in [0.5, 0.6) is 11.5 Å². The second-order valence-corrected chi connectivity index (χ2v) is 5.41. The number of aliphatic hydroxyl groups excluding tert-OH is 1. The zero-order chi connectivity index (χ0) is 16.7. The van der Waals surface area contributed by atoms with Gasteiger partial charge in [-0.3, -0.25) is 0 Å². The van der Waals surface area contributed by atoms with Gasteiger partial charge in [0.2, 0.25) is 0 Å². The first-order valence-electron chi connectivity index (χ1n) is 7.99. The average molecular weight is 316 g/mol. The van der Waals surface area contributed by atoms with Gasteiger partial charge in [-0.1, -0.05) is 37.3 Å². The molecule has 0 bridgehead atoms. The van der Waals surface area contributed by atoms with E-state index >= 15 is 0 Å². The van der Waals surface area contributed by atoms with Gasteiger partial charge >= 0.3 is 0 Å². The minimum Gasteiger partial charge on any atom is -0.508 e. The van der Waals surface area contributed by atoms with E-state index in [0.29, 0.717) is 32.5 Å². The maximum Gasteiger partial charge on any atom is 0.127 e. The van der Waals surface area contributed by atoms with Crippen LogP contribution in [0.2, 0.25) is 0 Å². The molecule has 0 fully saturated rings. The number of aliphatic hydroxyl groups is 1. The Labute approximate surface area is 137 Å². The number of aromatic hydroxyl groups is 2. The number of benzene rings is 2. The lowest BCUT2D eigenvalue weighted by Crippen LogP contribution is -2.06. The summed E-state index contributed by atoms with van der Waals surface area (Å²) in [7, 11) is 0. The van der Waals surface area contributed by atoms with Crippen molar-refractivity contribution in [1.82, 2.24) is 0 Å². The molecule has 0 aliphatic carbocycles. The van der Waals surface area contributed by atoms with Crippen molar-refractivity contribution in [2.45, 2.75) is 26.2 Å². The van der Waals surface area contributed by atoms with Gasteiger partial charge in [0.05, 0.1) is 6.61 Å². The van der Waals surface area contributed by atoms with E-state index in [4.69, 9.17) is 9.84 Å². The topological polar surface area (TPSA) is 69.9 Å². The summed E-state index contributed by atoms with van der Waals surface area (Å²) in [4.78, 5) is 0. The lowest BCUT2D eigenvalue weighted by Gasteiger charge is -2.18. The summed E-state index contributed by atoms with van der Waals surface area (Å²) in [6, 6.07) is 11.1. The SMILES string of the molecule is CCc1c(O)cc(O)c(-c2ccccc2)c1CCOCCCO. The van der Waals surface area contributed by atoms with Crippen LogP contribution in [0.3, 0.4) is 0 Å². The van der Waals surface area contributed by atoms with Crippen molar-refractivity contribution >= 4 is 0 Å². The van der Waals surface area contributed by atoms with Crippen LogP contribution < -0.4 is 0 Å². The fourth-order valence-corrected chi connectivity index (χ4v) is 2.79. The van der Waals surface area contributed by atoms with Gasteiger partial charge < -0.3 is 20.1 Å². The van der Waals surface area contributed by atoms with E-state index in [1.807, 2.05) is 37.3 Å². The van der Waals surface area contributed by atoms with Crippen molar-refractivity contribution < 1.29 is 20.1 Å². The Bertz CT molecular complexity index is 623. The highest BCUT2D eigenvalue weighted by atomic mass is 16.5. The molecule has 124 valence electrons. The lowest BCUT2D eigenvalue weighted by atomic mass is 9.91. The molecule has 0 amide bonds. The van der Waals surface area contributed by atoms with Gasteiger partial charge in [0.1, 0.15) is 11.5 Å². The van der Waals surface area contributed by atoms with E-state index in [1.54, 1.807) is 0 Å². The summed E-state index contributed by atoms with van der Waals surface area (Å²) in [5, 5.41) is 29.3. The molecule has 4 heteroatoms. The van der Waals surface area contributed by atoms with Gasteiger partial charge in [0.25, 0.3) is 0 Å². The van der Waals surface area contributed by atoms with Gasteiger partial charge in [0, 0.05) is 24.8 Å². The van der Waals surface area contributed by atoms with E-state index in [-0.39, 0.29) is 18.1 Å². The first kappa shape index (κ1) is 17.3. The molecule has 0 unspecified atom stereocenters. The highest BCUT2D eigenvalue weighted by Crippen LogP contribution is 2.39. The van der Waals surface area contributed by atoms with Crippen molar-refractivity contribution in [3.8, 4) is 22.6 Å². The Balaban J connectivity index is 2.36. The molecule has 2 rings (SSSR count). The van der Waals surface area contributed by atoms with Crippen LogP contribution in [0.1, 0.15) is 24.5 Å². The maximum absolute atomic E-state index is 10.4. The Morgan fingerprint density at radius 2 is 1.70 bits per heavy atom. The van der Waals surface area contributed by atoms with Gasteiger partial charge in [-0.15, -0.1) is 0 Å². The summed E-state index contributed by atoms with van der Waals surface area (Å²) in [5.74, 6) is 0.200. The summed E-state index contributed by atoms with van der Waals surface area (Å²) >= 11 is 0. The number of ether oxygens (including phenoxy) is 1. The molecule has 0 radical (unpaired) electrons. The Kier molecular flexibility index (Phi) is 6.44. The van der Waals surface area contributed by atoms with Crippen LogP contribution in [0.25, 0.3) is 11.1 Å². The second kappa shape index (κ2) is 8.56. The summed E-state index contributed by atoms with van der Waals surface area (Å²) in [6.45, 7) is 3.08. The Morgan fingerprint density at radius 1 is 0.957 bits per heavy atom. The van der Waals surface area contributed by atoms with Crippen LogP contribution in [0.4, 0.5) is 0 Å². The number of phenolic OH excluding ortho intramolecular Hbond substituents is 2. The first-order valence-corrected chi connectivity index (χ1v) is 7.99. The van der Waals surface area contributed by atoms with Gasteiger partial charge in [0.15, 0.2) is 0 Å². The fraction of sp³-hybridized carbons (Fsp3) is 0.368. The molecule has 0 atom stereocenters. The smallest absolute Gasteiger partial charge is 0.127 e. The predicted molar refractivity (Wildman–Crippen MR) is 90.8 cm³/mol. The van der Waals surface area contributed by atoms with Crippen molar-refractivity contribution in [3.05, 3.63) is 47.5 Å². The molecule has 0 saturated carbocycles. The van der Waals surface area contributed by atoms with Gasteiger partial charge in [-0.25, -0.2) is 0 Å². The maximum atomic E-state index is 10.4. The number of rotatable bonds is 8. The molecule has 0 heterocycles. The second-order valence-electron chi connectivity index (χ2n) is 5.41. The number of hydrogen-bond acceptors (Lipinski definition) is 4. The molecule has 0 aliphatic rings. The third kappa shape index (κ3) is 4.24. The molecule has 0 saturated heterocycles. The van der Waals surface area contributed by atoms with Crippen molar-refractivity contribution in [2.24, 2.45) is 0 Å². The molecular formula is C19H24O4. The summed E-state index contributed by atoms with van der Waals surface area (Å²) in [6.07, 6.45) is 1.89. The summed E-state index contributed by atoms with van der Waals surface area (Å²) < 4.78 is 5.52. The van der Waals surface area contributed by atoms with Gasteiger partial charge in [-0.05, 0) is 36.0 Å². The summed E-state index contributed by atoms with van der Waals surface area (Å²) in [5.41, 5.74) is 3.43. The quantitative estimate of drug-likeness (QED) is 0.654. The minimum atomic E-state index is 0.0799. The largest absolute Gasteiger partial charge is 0.508 e. The predicted octanol–water partition coefficient (Wildman–Crippen LogP) is 3.27. The molecular weight excluding hydrogens is 292 g/mol. The van der Waals surface area contributed by atoms with E-state index in [2.05, 4.69) is 0 Å². The lowest BCUT2D eigenvalue weighted by molar-refractivity contribution is 0.118. The number of hydrogen-bond donors (Lipinski definition) is 3. The van der Waals surface area contributed by atoms with Crippen LogP contribution in [-0.4, -0.2) is 35.1 Å². The monoisotopic (exact) mass is 316 g/mol. The Hall–Kier alpha value is -2.04. The standard InChI is InChI=1S/C19H24O4/c1-2-15-16(9-12-23-11-6-10-20)19(18(22)13-17(15)21)14-7-4-3-5-8-14/h3-5,7-8,13,20-22H,2,6,9-12H2,1H3. The highest BCUT2D eigenvalue weighted by molar-refractivity contribution is 5.76. The molecule has 0 aromatic heterocycles. The van der Waals surface area contributed by atoms with E-state index in [9.17, 15) is 10.2 Å². The van der Waals surface area contributed by atoms with Gasteiger partial charge in [-0.2, -0.15) is 0 Å². The third-order valence-electron chi connectivity index (χ3n) is 3.86.